The summed E-state index contributed by atoms with van der Waals surface area (Å²) in [6, 6.07) is 10.2. The molecular weight excluding hydrogens is 457 g/mol. The highest BCUT2D eigenvalue weighted by Gasteiger charge is 2.05. The van der Waals surface area contributed by atoms with Crippen molar-refractivity contribution >= 4 is 35.9 Å². The molecule has 0 saturated carbocycles. The molecular formula is C20H34IN3O3. The van der Waals surface area contributed by atoms with Gasteiger partial charge in [0, 0.05) is 32.7 Å². The quantitative estimate of drug-likeness (QED) is 0.154. The molecule has 0 fully saturated rings. The number of hydrogen-bond acceptors (Lipinski definition) is 4. The summed E-state index contributed by atoms with van der Waals surface area (Å²) in [5.41, 5.74) is 1.19. The Morgan fingerprint density at radius 3 is 2.56 bits per heavy atom. The van der Waals surface area contributed by atoms with E-state index in [1.807, 2.05) is 32.0 Å². The summed E-state index contributed by atoms with van der Waals surface area (Å²) in [4.78, 5) is 15.8. The zero-order valence-electron chi connectivity index (χ0n) is 16.7. The highest BCUT2D eigenvalue weighted by molar-refractivity contribution is 14.0. The molecule has 1 aromatic rings. The van der Waals surface area contributed by atoms with E-state index in [-0.39, 0.29) is 36.0 Å². The van der Waals surface area contributed by atoms with Gasteiger partial charge in [-0.25, -0.2) is 0 Å². The number of hydrogen-bond donors (Lipinski definition) is 2. The van der Waals surface area contributed by atoms with Crippen molar-refractivity contribution in [1.82, 2.24) is 10.6 Å². The highest BCUT2D eigenvalue weighted by Crippen LogP contribution is 2.15. The summed E-state index contributed by atoms with van der Waals surface area (Å²) < 4.78 is 10.8. The summed E-state index contributed by atoms with van der Waals surface area (Å²) in [7, 11) is 0. The van der Waals surface area contributed by atoms with Gasteiger partial charge in [0.25, 0.3) is 0 Å². The third-order valence-corrected chi connectivity index (χ3v) is 3.71. The van der Waals surface area contributed by atoms with E-state index >= 15 is 0 Å². The number of rotatable bonds is 12. The van der Waals surface area contributed by atoms with Crippen molar-refractivity contribution in [3.8, 4) is 0 Å². The molecule has 154 valence electrons. The number of guanidine groups is 1. The zero-order chi connectivity index (χ0) is 19.0. The maximum atomic E-state index is 11.3. The van der Waals surface area contributed by atoms with E-state index in [1.54, 1.807) is 0 Å². The first kappa shape index (κ1) is 25.6. The van der Waals surface area contributed by atoms with Crippen LogP contribution in [0.15, 0.2) is 35.3 Å². The van der Waals surface area contributed by atoms with E-state index in [9.17, 15) is 4.79 Å². The van der Waals surface area contributed by atoms with Crippen LogP contribution in [0.5, 0.6) is 0 Å². The normalized spacial score (nSPS) is 12.0. The molecule has 1 unspecified atom stereocenters. The lowest BCUT2D eigenvalue weighted by atomic mass is 10.1. The second-order valence-electron chi connectivity index (χ2n) is 5.87. The Bertz CT molecular complexity index is 526. The maximum absolute atomic E-state index is 11.3. The predicted octanol–water partition coefficient (Wildman–Crippen LogP) is 3.67. The molecule has 0 aliphatic rings. The smallest absolute Gasteiger partial charge is 0.305 e. The van der Waals surface area contributed by atoms with Crippen LogP contribution >= 0.6 is 24.0 Å². The van der Waals surface area contributed by atoms with Gasteiger partial charge in [-0.3, -0.25) is 9.79 Å². The van der Waals surface area contributed by atoms with E-state index in [0.29, 0.717) is 32.6 Å². The molecule has 0 aromatic heterocycles. The topological polar surface area (TPSA) is 72.0 Å². The minimum absolute atomic E-state index is 0. The second-order valence-corrected chi connectivity index (χ2v) is 5.87. The molecule has 0 aliphatic carbocycles. The number of nitrogens with zero attached hydrogens (tertiary/aromatic N) is 1. The summed E-state index contributed by atoms with van der Waals surface area (Å²) in [5.74, 6) is 0.609. The van der Waals surface area contributed by atoms with Gasteiger partial charge in [-0.2, -0.15) is 0 Å². The van der Waals surface area contributed by atoms with Gasteiger partial charge in [0.15, 0.2) is 5.96 Å². The van der Waals surface area contributed by atoms with E-state index in [2.05, 4.69) is 34.7 Å². The monoisotopic (exact) mass is 491 g/mol. The Hall–Kier alpha value is -1.35. The Morgan fingerprint density at radius 2 is 1.89 bits per heavy atom. The molecule has 1 atom stereocenters. The number of ether oxygens (including phenoxy) is 2. The molecule has 0 heterocycles. The van der Waals surface area contributed by atoms with Gasteiger partial charge in [0.1, 0.15) is 0 Å². The molecule has 6 nitrogen and oxygen atoms in total. The van der Waals surface area contributed by atoms with Crippen LogP contribution in [0, 0.1) is 0 Å². The number of nitrogens with one attached hydrogen (secondary N) is 2. The molecule has 1 aromatic carbocycles. The van der Waals surface area contributed by atoms with E-state index in [4.69, 9.17) is 9.47 Å². The fraction of sp³-hybridized carbons (Fsp3) is 0.600. The minimum atomic E-state index is -0.162. The van der Waals surface area contributed by atoms with E-state index in [0.717, 1.165) is 25.5 Å². The first-order chi connectivity index (χ1) is 12.7. The first-order valence-electron chi connectivity index (χ1n) is 9.51. The Balaban J connectivity index is 0.00000676. The lowest BCUT2D eigenvalue weighted by Gasteiger charge is -2.14. The lowest BCUT2D eigenvalue weighted by molar-refractivity contribution is -0.143. The van der Waals surface area contributed by atoms with Gasteiger partial charge < -0.3 is 20.1 Å². The molecule has 0 amide bonds. The van der Waals surface area contributed by atoms with Crippen LogP contribution in [-0.2, 0) is 14.3 Å². The zero-order valence-corrected chi connectivity index (χ0v) is 19.0. The van der Waals surface area contributed by atoms with E-state index < -0.39 is 0 Å². The van der Waals surface area contributed by atoms with Crippen molar-refractivity contribution in [3.63, 3.8) is 0 Å². The summed E-state index contributed by atoms with van der Waals surface area (Å²) in [6.07, 6.45) is 2.08. The second kappa shape index (κ2) is 16.8. The van der Waals surface area contributed by atoms with Crippen LogP contribution in [0.25, 0.3) is 0 Å². The van der Waals surface area contributed by atoms with Gasteiger partial charge in [-0.15, -0.1) is 24.0 Å². The number of carbonyl (C=O) groups is 1. The fourth-order valence-electron chi connectivity index (χ4n) is 2.35. The summed E-state index contributed by atoms with van der Waals surface area (Å²) in [5, 5.41) is 6.49. The largest absolute Gasteiger partial charge is 0.466 e. The van der Waals surface area contributed by atoms with Crippen molar-refractivity contribution in [3.05, 3.63) is 35.9 Å². The van der Waals surface area contributed by atoms with Crippen LogP contribution in [0.1, 0.15) is 51.7 Å². The predicted molar refractivity (Wildman–Crippen MR) is 121 cm³/mol. The van der Waals surface area contributed by atoms with Crippen molar-refractivity contribution in [1.29, 1.82) is 0 Å². The van der Waals surface area contributed by atoms with Crippen LogP contribution in [0.4, 0.5) is 0 Å². The number of halogens is 1. The highest BCUT2D eigenvalue weighted by atomic mass is 127. The maximum Gasteiger partial charge on any atom is 0.305 e. The number of carbonyl (C=O) groups excluding carboxylic acids is 1. The molecule has 0 spiro atoms. The number of aliphatic imine (C=N–C) groups is 1. The SMILES string of the molecule is CCNC(=NCCCC(=O)OCC)NCCCOC(C)c1ccccc1.I. The summed E-state index contributed by atoms with van der Waals surface area (Å²) in [6.45, 7) is 9.20. The van der Waals surface area contributed by atoms with Crippen molar-refractivity contribution in [2.75, 3.05) is 32.8 Å². The van der Waals surface area contributed by atoms with Crippen LogP contribution < -0.4 is 10.6 Å². The number of esters is 1. The minimum Gasteiger partial charge on any atom is -0.466 e. The Labute approximate surface area is 180 Å². The van der Waals surface area contributed by atoms with Crippen molar-refractivity contribution in [2.24, 2.45) is 4.99 Å². The van der Waals surface area contributed by atoms with Crippen molar-refractivity contribution in [2.45, 2.75) is 46.1 Å². The van der Waals surface area contributed by atoms with Crippen LogP contribution in [0.2, 0.25) is 0 Å². The molecule has 7 heteroatoms. The average Bonchev–Trinajstić information content (AvgIpc) is 2.65. The Morgan fingerprint density at radius 1 is 1.15 bits per heavy atom. The van der Waals surface area contributed by atoms with Crippen LogP contribution in [0.3, 0.4) is 0 Å². The third-order valence-electron chi connectivity index (χ3n) is 3.71. The van der Waals surface area contributed by atoms with Gasteiger partial charge in [0.2, 0.25) is 0 Å². The number of benzene rings is 1. The molecule has 1 rings (SSSR count). The van der Waals surface area contributed by atoms with Gasteiger partial charge >= 0.3 is 5.97 Å². The lowest BCUT2D eigenvalue weighted by Crippen LogP contribution is -2.38. The Kier molecular flexibility index (Phi) is 16.0. The molecule has 0 radical (unpaired) electrons. The van der Waals surface area contributed by atoms with E-state index in [1.165, 1.54) is 5.56 Å². The van der Waals surface area contributed by atoms with Crippen LogP contribution in [-0.4, -0.2) is 44.8 Å². The van der Waals surface area contributed by atoms with Crippen molar-refractivity contribution < 1.29 is 14.3 Å². The summed E-state index contributed by atoms with van der Waals surface area (Å²) >= 11 is 0. The molecule has 0 aliphatic heterocycles. The molecule has 2 N–H and O–H groups in total. The molecule has 0 bridgehead atoms. The van der Waals surface area contributed by atoms with Gasteiger partial charge in [0.05, 0.1) is 12.7 Å². The van der Waals surface area contributed by atoms with Gasteiger partial charge in [-0.1, -0.05) is 30.3 Å². The molecule has 27 heavy (non-hydrogen) atoms. The molecule has 0 saturated heterocycles. The average molecular weight is 491 g/mol. The fourth-order valence-corrected chi connectivity index (χ4v) is 2.35. The third kappa shape index (κ3) is 12.6. The standard InChI is InChI=1S/C20H33N3O3.HI/c1-4-21-20(22-14-9-13-19(24)25-5-2)23-15-10-16-26-17(3)18-11-7-6-8-12-18;/h6-8,11-12,17H,4-5,9-10,13-16H2,1-3H3,(H2,21,22,23);1H. The van der Waals surface area contributed by atoms with Gasteiger partial charge in [-0.05, 0) is 39.2 Å². The first-order valence-corrected chi connectivity index (χ1v) is 9.51.